The fraction of sp³-hybridized carbons (Fsp3) is 0.370. The molecule has 1 fully saturated rings. The highest BCUT2D eigenvalue weighted by Crippen LogP contribution is 2.34. The third-order valence-electron chi connectivity index (χ3n) is 6.40. The van der Waals surface area contributed by atoms with E-state index in [1.54, 1.807) is 49.1 Å². The highest BCUT2D eigenvalue weighted by Gasteiger charge is 2.32. The molecule has 10 heteroatoms. The maximum Gasteiger partial charge on any atom is 0.343 e. The number of rotatable bonds is 7. The molecular formula is C27H29F2N3O5. The number of nitrogens with zero attached hydrogens (tertiary/aromatic N) is 3. The summed E-state index contributed by atoms with van der Waals surface area (Å²) in [4.78, 5) is 42.8. The molecule has 196 valence electrons. The minimum Gasteiger partial charge on any atom is -0.464 e. The second kappa shape index (κ2) is 11.1. The van der Waals surface area contributed by atoms with Crippen molar-refractivity contribution < 1.29 is 27.8 Å². The summed E-state index contributed by atoms with van der Waals surface area (Å²) in [7, 11) is 1.92. The quantitative estimate of drug-likeness (QED) is 0.448. The van der Waals surface area contributed by atoms with Gasteiger partial charge < -0.3 is 23.8 Å². The topological polar surface area (TPSA) is 81.1 Å². The first-order valence-electron chi connectivity index (χ1n) is 12.2. The van der Waals surface area contributed by atoms with Gasteiger partial charge in [-0.2, -0.15) is 0 Å². The molecule has 0 radical (unpaired) electrons. The number of piperazine rings is 1. The van der Waals surface area contributed by atoms with E-state index in [1.165, 1.54) is 4.57 Å². The lowest BCUT2D eigenvalue weighted by Gasteiger charge is -2.34. The number of pyridine rings is 1. The molecular weight excluding hydrogens is 484 g/mol. The third kappa shape index (κ3) is 5.06. The van der Waals surface area contributed by atoms with Gasteiger partial charge in [0.2, 0.25) is 5.43 Å². The lowest BCUT2D eigenvalue weighted by Crippen LogP contribution is -2.45. The number of anilines is 1. The smallest absolute Gasteiger partial charge is 0.343 e. The predicted molar refractivity (Wildman–Crippen MR) is 135 cm³/mol. The lowest BCUT2D eigenvalue weighted by molar-refractivity contribution is -0.145. The Morgan fingerprint density at radius 1 is 1.00 bits per heavy atom. The fourth-order valence-electron chi connectivity index (χ4n) is 4.58. The average molecular weight is 514 g/mol. The summed E-state index contributed by atoms with van der Waals surface area (Å²) in [5.74, 6) is -3.59. The van der Waals surface area contributed by atoms with Crippen LogP contribution in [-0.4, -0.2) is 67.8 Å². The van der Waals surface area contributed by atoms with Crippen molar-refractivity contribution >= 4 is 28.5 Å². The van der Waals surface area contributed by atoms with Gasteiger partial charge in [0.05, 0.1) is 24.1 Å². The number of fused-ring (bicyclic) bond motifs is 1. The number of hydrogen-bond acceptors (Lipinski definition) is 7. The molecule has 3 aromatic rings. The molecule has 37 heavy (non-hydrogen) atoms. The Morgan fingerprint density at radius 3 is 2.27 bits per heavy atom. The van der Waals surface area contributed by atoms with Crippen LogP contribution in [0.15, 0.2) is 47.4 Å². The molecule has 8 nitrogen and oxygen atoms in total. The molecule has 4 rings (SSSR count). The first-order chi connectivity index (χ1) is 17.8. The van der Waals surface area contributed by atoms with Crippen LogP contribution in [0.25, 0.3) is 10.9 Å². The van der Waals surface area contributed by atoms with Gasteiger partial charge in [0.25, 0.3) is 0 Å². The van der Waals surface area contributed by atoms with E-state index in [-0.39, 0.29) is 29.8 Å². The van der Waals surface area contributed by atoms with Crippen LogP contribution in [-0.2, 0) is 14.3 Å². The van der Waals surface area contributed by atoms with Crippen LogP contribution in [0, 0.1) is 11.6 Å². The Kier molecular flexibility index (Phi) is 7.87. The molecule has 2 heterocycles. The Hall–Kier alpha value is -3.79. The van der Waals surface area contributed by atoms with E-state index in [0.29, 0.717) is 31.7 Å². The first-order valence-corrected chi connectivity index (χ1v) is 12.2. The molecule has 1 aliphatic rings. The molecule has 0 bridgehead atoms. The fourth-order valence-corrected chi connectivity index (χ4v) is 4.58. The van der Waals surface area contributed by atoms with Gasteiger partial charge in [-0.1, -0.05) is 30.3 Å². The Morgan fingerprint density at radius 2 is 1.65 bits per heavy atom. The summed E-state index contributed by atoms with van der Waals surface area (Å²) in [6.07, 6.45) is 1.10. The van der Waals surface area contributed by atoms with Crippen LogP contribution >= 0.6 is 0 Å². The van der Waals surface area contributed by atoms with Gasteiger partial charge in [0.1, 0.15) is 17.1 Å². The largest absolute Gasteiger partial charge is 0.464 e. The molecule has 0 spiro atoms. The molecule has 1 atom stereocenters. The molecule has 0 N–H and O–H groups in total. The van der Waals surface area contributed by atoms with E-state index in [4.69, 9.17) is 9.47 Å². The number of likely N-dealkylation sites (N-methyl/N-ethyl adjacent to an activating group) is 1. The SMILES string of the molecule is CCOC(=O)c1cn(C(C(=O)OCC)c2ccccc2)c2c(F)c(N3CCN(C)CC3)c(F)cc2c1=O. The lowest BCUT2D eigenvalue weighted by atomic mass is 10.0. The van der Waals surface area contributed by atoms with Crippen LogP contribution in [0.5, 0.6) is 0 Å². The second-order valence-electron chi connectivity index (χ2n) is 8.77. The van der Waals surface area contributed by atoms with E-state index in [0.717, 1.165) is 12.3 Å². The maximum atomic E-state index is 16.3. The van der Waals surface area contributed by atoms with E-state index >= 15 is 8.78 Å². The van der Waals surface area contributed by atoms with E-state index in [2.05, 4.69) is 0 Å². The predicted octanol–water partition coefficient (Wildman–Crippen LogP) is 3.36. The Labute approximate surface area is 213 Å². The summed E-state index contributed by atoms with van der Waals surface area (Å²) >= 11 is 0. The van der Waals surface area contributed by atoms with Crippen molar-refractivity contribution in [3.8, 4) is 0 Å². The van der Waals surface area contributed by atoms with Crippen molar-refractivity contribution in [1.82, 2.24) is 9.47 Å². The molecule has 0 saturated carbocycles. The number of carbonyl (C=O) groups is 2. The van der Waals surface area contributed by atoms with Crippen molar-refractivity contribution in [2.75, 3.05) is 51.3 Å². The second-order valence-corrected chi connectivity index (χ2v) is 8.77. The van der Waals surface area contributed by atoms with Crippen molar-refractivity contribution in [1.29, 1.82) is 0 Å². The number of hydrogen-bond donors (Lipinski definition) is 0. The van der Waals surface area contributed by atoms with Crippen LogP contribution in [0.4, 0.5) is 14.5 Å². The summed E-state index contributed by atoms with van der Waals surface area (Å²) in [6.45, 7) is 5.19. The first kappa shape index (κ1) is 26.3. The van der Waals surface area contributed by atoms with E-state index < -0.39 is 40.6 Å². The van der Waals surface area contributed by atoms with Gasteiger partial charge in [-0.25, -0.2) is 18.4 Å². The zero-order valence-corrected chi connectivity index (χ0v) is 21.0. The number of ether oxygens (including phenoxy) is 2. The highest BCUT2D eigenvalue weighted by atomic mass is 19.1. The molecule has 1 saturated heterocycles. The standard InChI is InChI=1S/C27H29F2N3O5/c1-4-36-26(34)19-16-32(22(27(35)37-5-2)17-9-7-6-8-10-17)23-18(25(19)33)15-20(28)24(21(23)29)31-13-11-30(3)12-14-31/h6-10,15-16,22H,4-5,11-14H2,1-3H3. The highest BCUT2D eigenvalue weighted by molar-refractivity contribution is 5.96. The zero-order chi connectivity index (χ0) is 26.7. The summed E-state index contributed by atoms with van der Waals surface area (Å²) in [5.41, 5.74) is -1.47. The minimum atomic E-state index is -1.25. The molecule has 2 aromatic carbocycles. The van der Waals surface area contributed by atoms with Crippen molar-refractivity contribution in [3.05, 3.63) is 75.6 Å². The van der Waals surface area contributed by atoms with Gasteiger partial charge >= 0.3 is 11.9 Å². The number of benzene rings is 2. The number of carbonyl (C=O) groups excluding carboxylic acids is 2. The van der Waals surface area contributed by atoms with Crippen molar-refractivity contribution in [2.45, 2.75) is 19.9 Å². The van der Waals surface area contributed by atoms with Gasteiger partial charge in [-0.15, -0.1) is 0 Å². The normalized spacial score (nSPS) is 15.0. The van der Waals surface area contributed by atoms with Crippen LogP contribution in [0.1, 0.15) is 35.8 Å². The average Bonchev–Trinajstić information content (AvgIpc) is 2.87. The van der Waals surface area contributed by atoms with Gasteiger partial charge in [-0.05, 0) is 32.5 Å². The molecule has 0 amide bonds. The summed E-state index contributed by atoms with van der Waals surface area (Å²) in [6, 6.07) is 8.13. The van der Waals surface area contributed by atoms with E-state index in [1.807, 2.05) is 11.9 Å². The van der Waals surface area contributed by atoms with Crippen molar-refractivity contribution in [3.63, 3.8) is 0 Å². The van der Waals surface area contributed by atoms with Gasteiger partial charge in [-0.3, -0.25) is 4.79 Å². The molecule has 1 aliphatic heterocycles. The van der Waals surface area contributed by atoms with Crippen LogP contribution in [0.2, 0.25) is 0 Å². The van der Waals surface area contributed by atoms with Gasteiger partial charge in [0.15, 0.2) is 11.9 Å². The number of esters is 2. The summed E-state index contributed by atoms with van der Waals surface area (Å²) in [5, 5.41) is -0.372. The summed E-state index contributed by atoms with van der Waals surface area (Å²) < 4.78 is 43.2. The Balaban J connectivity index is 2.06. The number of halogens is 2. The minimum absolute atomic E-state index is 0.0125. The van der Waals surface area contributed by atoms with Crippen molar-refractivity contribution in [2.24, 2.45) is 0 Å². The molecule has 0 aliphatic carbocycles. The van der Waals surface area contributed by atoms with Gasteiger partial charge in [0, 0.05) is 32.4 Å². The van der Waals surface area contributed by atoms with Crippen LogP contribution < -0.4 is 10.3 Å². The molecule has 1 aromatic heterocycles. The monoisotopic (exact) mass is 513 g/mol. The third-order valence-corrected chi connectivity index (χ3v) is 6.40. The molecule has 1 unspecified atom stereocenters. The zero-order valence-electron chi connectivity index (χ0n) is 21.0. The van der Waals surface area contributed by atoms with E-state index in [9.17, 15) is 14.4 Å². The Bertz CT molecular complexity index is 1370. The number of aromatic nitrogens is 1. The van der Waals surface area contributed by atoms with Crippen LogP contribution in [0.3, 0.4) is 0 Å². The maximum absolute atomic E-state index is 16.3.